The van der Waals surface area contributed by atoms with E-state index in [0.717, 1.165) is 49.2 Å². The van der Waals surface area contributed by atoms with E-state index >= 15 is 0 Å². The fourth-order valence-corrected chi connectivity index (χ4v) is 8.56. The molecule has 3 fully saturated rings. The summed E-state index contributed by atoms with van der Waals surface area (Å²) in [4.78, 5) is 36.9. The first-order valence-corrected chi connectivity index (χ1v) is 17.6. The number of halogens is 1. The summed E-state index contributed by atoms with van der Waals surface area (Å²) in [6.07, 6.45) is 6.08. The van der Waals surface area contributed by atoms with E-state index in [1.807, 2.05) is 42.5 Å². The number of carbonyl (C=O) groups excluding carboxylic acids is 2. The number of carbonyl (C=O) groups is 2. The van der Waals surface area contributed by atoms with Gasteiger partial charge in [0.2, 0.25) is 11.8 Å². The molecule has 7 rings (SSSR count). The Morgan fingerprint density at radius 1 is 1.06 bits per heavy atom. The number of benzene rings is 2. The standard InChI is InChI=1S/C39H43BFN3O6/c1-49-24-28-21-30-37(39(47)44(38(30)46)29-14-17-43(18-15-29)23-25-7-3-2-4-8-25)31-22-40(48)50-35(36(28)31)13-11-27(33-9-5-6-16-42-33)19-26-10-12-34(45)32(41)20-26/h2-10,12,16,19-20,29-31,35,37,45,48H,11,13-15,17-18,21-24H2,1H3/b27-19-/t30-,31+,35-,37-/m1/s1. The molecule has 3 aromatic rings. The number of aromatic nitrogens is 1. The van der Waals surface area contributed by atoms with Crippen LogP contribution in [0.4, 0.5) is 4.39 Å². The van der Waals surface area contributed by atoms with Crippen LogP contribution in [0.3, 0.4) is 0 Å². The lowest BCUT2D eigenvalue weighted by molar-refractivity contribution is -0.144. The minimum Gasteiger partial charge on any atom is -0.505 e. The zero-order chi connectivity index (χ0) is 34.8. The van der Waals surface area contributed by atoms with Gasteiger partial charge in [-0.05, 0) is 103 Å². The molecular weight excluding hydrogens is 636 g/mol. The van der Waals surface area contributed by atoms with Gasteiger partial charge < -0.3 is 19.5 Å². The molecule has 4 aliphatic rings. The van der Waals surface area contributed by atoms with Gasteiger partial charge in [-0.25, -0.2) is 4.39 Å². The molecule has 3 aliphatic heterocycles. The molecule has 0 spiro atoms. The van der Waals surface area contributed by atoms with Gasteiger partial charge in [-0.3, -0.25) is 24.4 Å². The van der Waals surface area contributed by atoms with Crippen LogP contribution in [0.15, 0.2) is 84.1 Å². The normalized spacial score (nSPS) is 24.9. The zero-order valence-electron chi connectivity index (χ0n) is 28.3. The number of amides is 2. The van der Waals surface area contributed by atoms with Crippen molar-refractivity contribution >= 4 is 30.6 Å². The summed E-state index contributed by atoms with van der Waals surface area (Å²) in [5.41, 5.74) is 5.28. The predicted molar refractivity (Wildman–Crippen MR) is 188 cm³/mol. The van der Waals surface area contributed by atoms with Crippen LogP contribution in [0, 0.1) is 23.6 Å². The molecule has 2 aromatic carbocycles. The fraction of sp³-hybridized carbons (Fsp3) is 0.410. The minimum absolute atomic E-state index is 0.104. The molecule has 260 valence electrons. The average molecular weight is 680 g/mol. The van der Waals surface area contributed by atoms with E-state index in [1.54, 1.807) is 24.3 Å². The van der Waals surface area contributed by atoms with Crippen molar-refractivity contribution in [1.82, 2.24) is 14.8 Å². The van der Waals surface area contributed by atoms with Crippen molar-refractivity contribution in [2.24, 2.45) is 17.8 Å². The Morgan fingerprint density at radius 2 is 1.84 bits per heavy atom. The van der Waals surface area contributed by atoms with E-state index in [1.165, 1.54) is 17.7 Å². The van der Waals surface area contributed by atoms with Crippen LogP contribution >= 0.6 is 0 Å². The topological polar surface area (TPSA) is 112 Å². The maximum atomic E-state index is 14.3. The third-order valence-electron chi connectivity index (χ3n) is 10.8. The molecule has 9 nitrogen and oxygen atoms in total. The van der Waals surface area contributed by atoms with E-state index in [2.05, 4.69) is 22.0 Å². The summed E-state index contributed by atoms with van der Waals surface area (Å²) in [5.74, 6) is -2.74. The SMILES string of the molecule is COCC1=C2[C@@H](CC/C(=C/c3ccc(O)c(F)c3)c3ccccn3)OB(O)C[C@@H]2[C@@H]2C(=O)N(C3CCN(Cc4ccccc4)CC3)C(=O)[C@@H]2C1. The number of piperidine rings is 1. The molecule has 1 aromatic heterocycles. The third-order valence-corrected chi connectivity index (χ3v) is 10.8. The molecule has 2 N–H and O–H groups in total. The quantitative estimate of drug-likeness (QED) is 0.168. The van der Waals surface area contributed by atoms with Gasteiger partial charge >= 0.3 is 7.12 Å². The van der Waals surface area contributed by atoms with Gasteiger partial charge in [0.05, 0.1) is 30.2 Å². The molecule has 2 amide bonds. The summed E-state index contributed by atoms with van der Waals surface area (Å²) in [7, 11) is 0.529. The number of fused-ring (bicyclic) bond motifs is 3. The first-order chi connectivity index (χ1) is 24.3. The number of rotatable bonds is 10. The van der Waals surface area contributed by atoms with Gasteiger partial charge in [0.15, 0.2) is 11.6 Å². The number of phenols is 1. The molecule has 0 unspecified atom stereocenters. The Kier molecular flexibility index (Phi) is 10.3. The Labute approximate surface area is 292 Å². The number of aromatic hydroxyl groups is 1. The molecule has 4 atom stereocenters. The van der Waals surface area contributed by atoms with Crippen LogP contribution in [0.2, 0.25) is 6.32 Å². The Balaban J connectivity index is 1.11. The number of imide groups is 1. The van der Waals surface area contributed by atoms with Crippen LogP contribution in [-0.4, -0.2) is 82.8 Å². The number of pyridine rings is 1. The van der Waals surface area contributed by atoms with Crippen LogP contribution in [0.5, 0.6) is 5.75 Å². The lowest BCUT2D eigenvalue weighted by Gasteiger charge is -2.43. The number of nitrogens with zero attached hydrogens (tertiary/aromatic N) is 3. The molecule has 1 aliphatic carbocycles. The van der Waals surface area contributed by atoms with Gasteiger partial charge in [-0.15, -0.1) is 0 Å². The van der Waals surface area contributed by atoms with E-state index in [-0.39, 0.29) is 30.1 Å². The summed E-state index contributed by atoms with van der Waals surface area (Å²) in [6.45, 7) is 2.77. The highest BCUT2D eigenvalue weighted by Gasteiger charge is 2.58. The van der Waals surface area contributed by atoms with Gasteiger partial charge in [0.25, 0.3) is 0 Å². The molecule has 0 saturated carbocycles. The molecule has 0 radical (unpaired) electrons. The third kappa shape index (κ3) is 7.05. The maximum Gasteiger partial charge on any atom is 0.455 e. The average Bonchev–Trinajstić information content (AvgIpc) is 3.37. The Morgan fingerprint density at radius 3 is 2.56 bits per heavy atom. The highest BCUT2D eigenvalue weighted by Crippen LogP contribution is 2.51. The maximum absolute atomic E-state index is 14.3. The van der Waals surface area contributed by atoms with Crippen molar-refractivity contribution in [2.75, 3.05) is 26.8 Å². The van der Waals surface area contributed by atoms with Crippen LogP contribution in [-0.2, 0) is 25.5 Å². The molecular formula is C39H43BFN3O6. The molecule has 4 heterocycles. The number of allylic oxidation sites excluding steroid dienone is 1. The van der Waals surface area contributed by atoms with Crippen molar-refractivity contribution < 1.29 is 33.5 Å². The Bertz CT molecular complexity index is 1760. The second kappa shape index (κ2) is 15.0. The first kappa shape index (κ1) is 34.3. The highest BCUT2D eigenvalue weighted by atomic mass is 19.1. The van der Waals surface area contributed by atoms with Crippen molar-refractivity contribution in [3.8, 4) is 5.75 Å². The zero-order valence-corrected chi connectivity index (χ0v) is 28.3. The number of phenolic OH excluding ortho intramolecular Hbond substituents is 1. The summed E-state index contributed by atoms with van der Waals surface area (Å²) in [6, 6.07) is 20.0. The minimum atomic E-state index is -1.09. The summed E-state index contributed by atoms with van der Waals surface area (Å²) < 4.78 is 26.1. The van der Waals surface area contributed by atoms with Gasteiger partial charge in [-0.1, -0.05) is 42.5 Å². The van der Waals surface area contributed by atoms with Crippen LogP contribution in [0.1, 0.15) is 48.9 Å². The number of hydrogen-bond acceptors (Lipinski definition) is 8. The Hall–Kier alpha value is -4.16. The van der Waals surface area contributed by atoms with Gasteiger partial charge in [0.1, 0.15) is 0 Å². The number of likely N-dealkylation sites (tertiary alicyclic amines) is 2. The van der Waals surface area contributed by atoms with Crippen LogP contribution in [0.25, 0.3) is 11.6 Å². The summed E-state index contributed by atoms with van der Waals surface area (Å²) in [5, 5.41) is 20.8. The van der Waals surface area contributed by atoms with Gasteiger partial charge in [-0.2, -0.15) is 0 Å². The van der Waals surface area contributed by atoms with E-state index in [4.69, 9.17) is 9.39 Å². The largest absolute Gasteiger partial charge is 0.505 e. The smallest absolute Gasteiger partial charge is 0.455 e. The number of methoxy groups -OCH3 is 1. The lowest BCUT2D eigenvalue weighted by atomic mass is 9.58. The monoisotopic (exact) mass is 679 g/mol. The molecule has 11 heteroatoms. The predicted octanol–water partition coefficient (Wildman–Crippen LogP) is 5.36. The van der Waals surface area contributed by atoms with E-state index < -0.39 is 36.6 Å². The van der Waals surface area contributed by atoms with Gasteiger partial charge in [0, 0.05) is 39.0 Å². The molecule has 0 bridgehead atoms. The van der Waals surface area contributed by atoms with Crippen molar-refractivity contribution in [2.45, 2.75) is 57.1 Å². The molecule has 50 heavy (non-hydrogen) atoms. The second-order valence-electron chi connectivity index (χ2n) is 13.9. The summed E-state index contributed by atoms with van der Waals surface area (Å²) >= 11 is 0. The van der Waals surface area contributed by atoms with Crippen molar-refractivity contribution in [3.05, 3.63) is 107 Å². The van der Waals surface area contributed by atoms with Crippen LogP contribution < -0.4 is 0 Å². The lowest BCUT2D eigenvalue weighted by Crippen LogP contribution is -2.48. The van der Waals surface area contributed by atoms with Crippen molar-refractivity contribution in [3.63, 3.8) is 0 Å². The number of hydrogen-bond donors (Lipinski definition) is 2. The van der Waals surface area contributed by atoms with Crippen molar-refractivity contribution in [1.29, 1.82) is 0 Å². The fourth-order valence-electron chi connectivity index (χ4n) is 8.56. The molecule has 3 saturated heterocycles. The highest BCUT2D eigenvalue weighted by molar-refractivity contribution is 6.43. The van der Waals surface area contributed by atoms with E-state index in [0.29, 0.717) is 37.1 Å². The second-order valence-corrected chi connectivity index (χ2v) is 13.9. The first-order valence-electron chi connectivity index (χ1n) is 17.6. The van der Waals surface area contributed by atoms with E-state index in [9.17, 15) is 24.1 Å². The number of ether oxygens (including phenoxy) is 1.